The van der Waals surface area contributed by atoms with Crippen LogP contribution >= 0.6 is 11.3 Å². The van der Waals surface area contributed by atoms with Crippen molar-refractivity contribution in [3.8, 4) is 10.4 Å². The molecule has 2 aromatic rings. The van der Waals surface area contributed by atoms with Crippen molar-refractivity contribution in [1.82, 2.24) is 0 Å². The molecule has 0 spiro atoms. The minimum Gasteiger partial charge on any atom is -0.478 e. The van der Waals surface area contributed by atoms with Crippen LogP contribution in [0, 0.1) is 13.8 Å². The van der Waals surface area contributed by atoms with Gasteiger partial charge in [-0.05, 0) is 48.1 Å². The lowest BCUT2D eigenvalue weighted by atomic mass is 9.92. The van der Waals surface area contributed by atoms with Crippen LogP contribution in [0.25, 0.3) is 10.4 Å². The van der Waals surface area contributed by atoms with Crippen molar-refractivity contribution in [1.29, 1.82) is 0 Å². The number of hydrogen-bond donors (Lipinski definition) is 2. The van der Waals surface area contributed by atoms with Gasteiger partial charge in [-0.2, -0.15) is 0 Å². The van der Waals surface area contributed by atoms with Gasteiger partial charge in [-0.25, -0.2) is 9.59 Å². The van der Waals surface area contributed by atoms with Gasteiger partial charge in [0.25, 0.3) is 0 Å². The van der Waals surface area contributed by atoms with Crippen LogP contribution in [0.1, 0.15) is 31.8 Å². The van der Waals surface area contributed by atoms with Gasteiger partial charge in [-0.15, -0.1) is 11.3 Å². The molecule has 0 aliphatic heterocycles. The minimum atomic E-state index is -1.11. The molecule has 0 saturated heterocycles. The number of benzene rings is 1. The first kappa shape index (κ1) is 13.3. The van der Waals surface area contributed by atoms with E-state index in [2.05, 4.69) is 0 Å². The maximum atomic E-state index is 11.3. The zero-order chi connectivity index (χ0) is 14.2. The zero-order valence-electron chi connectivity index (χ0n) is 10.4. The van der Waals surface area contributed by atoms with Crippen molar-refractivity contribution in [3.63, 3.8) is 0 Å². The van der Waals surface area contributed by atoms with Crippen LogP contribution in [-0.2, 0) is 0 Å². The molecule has 0 bridgehead atoms. The monoisotopic (exact) mass is 276 g/mol. The molecule has 5 heteroatoms. The number of thiophene rings is 1. The third-order valence-corrected chi connectivity index (χ3v) is 3.98. The molecule has 0 unspecified atom stereocenters. The Balaban J connectivity index is 2.82. The average molecular weight is 276 g/mol. The lowest BCUT2D eigenvalue weighted by molar-refractivity contribution is 0.0695. The molecule has 1 aromatic carbocycles. The summed E-state index contributed by atoms with van der Waals surface area (Å²) in [5.74, 6) is -2.21. The summed E-state index contributed by atoms with van der Waals surface area (Å²) in [6.45, 7) is 3.23. The van der Waals surface area contributed by atoms with Crippen LogP contribution in [0.2, 0.25) is 0 Å². The highest BCUT2D eigenvalue weighted by Crippen LogP contribution is 2.33. The highest BCUT2D eigenvalue weighted by molar-refractivity contribution is 7.13. The maximum absolute atomic E-state index is 11.3. The number of rotatable bonds is 3. The van der Waals surface area contributed by atoms with E-state index in [-0.39, 0.29) is 16.7 Å². The third kappa shape index (κ3) is 2.24. The molecule has 98 valence electrons. The van der Waals surface area contributed by atoms with Gasteiger partial charge in [-0.3, -0.25) is 0 Å². The predicted octanol–water partition coefficient (Wildman–Crippen LogP) is 3.43. The van der Waals surface area contributed by atoms with E-state index in [1.54, 1.807) is 13.0 Å². The first-order valence-electron chi connectivity index (χ1n) is 5.58. The van der Waals surface area contributed by atoms with Crippen LogP contribution < -0.4 is 0 Å². The molecular formula is C14H12O4S. The minimum absolute atomic E-state index is 0.0337. The molecule has 0 amide bonds. The van der Waals surface area contributed by atoms with Crippen LogP contribution in [0.5, 0.6) is 0 Å². The number of hydrogen-bond acceptors (Lipinski definition) is 3. The molecular weight excluding hydrogens is 264 g/mol. The Labute approximate surface area is 114 Å². The van der Waals surface area contributed by atoms with Gasteiger partial charge < -0.3 is 10.2 Å². The third-order valence-electron chi connectivity index (χ3n) is 3.08. The molecule has 1 aromatic heterocycles. The van der Waals surface area contributed by atoms with Gasteiger partial charge in [0.15, 0.2) is 0 Å². The van der Waals surface area contributed by atoms with E-state index >= 15 is 0 Å². The fraction of sp³-hybridized carbons (Fsp3) is 0.143. The molecule has 1 heterocycles. The number of carboxylic acids is 2. The molecule has 19 heavy (non-hydrogen) atoms. The standard InChI is InChI=1S/C14H12O4S/c1-7-9(11-4-3-5-19-11)6-10(13(15)16)8(2)12(7)14(17)18/h3-6H,1-2H3,(H,15,16)(H,17,18). The lowest BCUT2D eigenvalue weighted by Gasteiger charge is -2.13. The summed E-state index contributed by atoms with van der Waals surface area (Å²) in [7, 11) is 0. The second-order valence-electron chi connectivity index (χ2n) is 4.18. The fourth-order valence-electron chi connectivity index (χ4n) is 2.14. The van der Waals surface area contributed by atoms with E-state index in [1.807, 2.05) is 17.5 Å². The normalized spacial score (nSPS) is 10.4. The van der Waals surface area contributed by atoms with Crippen molar-refractivity contribution in [3.05, 3.63) is 45.8 Å². The van der Waals surface area contributed by atoms with E-state index in [1.165, 1.54) is 18.3 Å². The molecule has 2 N–H and O–H groups in total. The summed E-state index contributed by atoms with van der Waals surface area (Å²) in [4.78, 5) is 23.5. The second kappa shape index (κ2) is 4.85. The lowest BCUT2D eigenvalue weighted by Crippen LogP contribution is -2.10. The highest BCUT2D eigenvalue weighted by Gasteiger charge is 2.21. The molecule has 0 fully saturated rings. The van der Waals surface area contributed by atoms with E-state index in [9.17, 15) is 19.8 Å². The Hall–Kier alpha value is -2.14. The molecule has 0 saturated carbocycles. The molecule has 4 nitrogen and oxygen atoms in total. The summed E-state index contributed by atoms with van der Waals surface area (Å²) < 4.78 is 0. The Morgan fingerprint density at radius 1 is 1.11 bits per heavy atom. The number of carboxylic acid groups (broad SMARTS) is 2. The number of carbonyl (C=O) groups is 2. The van der Waals surface area contributed by atoms with Crippen molar-refractivity contribution < 1.29 is 19.8 Å². The van der Waals surface area contributed by atoms with Gasteiger partial charge in [-0.1, -0.05) is 6.07 Å². The topological polar surface area (TPSA) is 74.6 Å². The first-order chi connectivity index (χ1) is 8.93. The van der Waals surface area contributed by atoms with E-state index in [0.29, 0.717) is 11.1 Å². The van der Waals surface area contributed by atoms with Crippen molar-refractivity contribution in [2.24, 2.45) is 0 Å². The summed E-state index contributed by atoms with van der Waals surface area (Å²) in [6, 6.07) is 5.24. The summed E-state index contributed by atoms with van der Waals surface area (Å²) in [5.41, 5.74) is 1.65. The summed E-state index contributed by atoms with van der Waals surface area (Å²) >= 11 is 1.45. The molecule has 0 atom stereocenters. The molecule has 0 radical (unpaired) electrons. The molecule has 0 aliphatic rings. The zero-order valence-corrected chi connectivity index (χ0v) is 11.2. The molecule has 2 rings (SSSR count). The van der Waals surface area contributed by atoms with E-state index in [4.69, 9.17) is 0 Å². The van der Waals surface area contributed by atoms with Gasteiger partial charge in [0.2, 0.25) is 0 Å². The van der Waals surface area contributed by atoms with Crippen molar-refractivity contribution >= 4 is 23.3 Å². The molecule has 0 aliphatic carbocycles. The van der Waals surface area contributed by atoms with E-state index in [0.717, 1.165) is 4.88 Å². The smallest absolute Gasteiger partial charge is 0.336 e. The number of aromatic carboxylic acids is 2. The average Bonchev–Trinajstić information content (AvgIpc) is 2.81. The van der Waals surface area contributed by atoms with Gasteiger partial charge in [0.05, 0.1) is 11.1 Å². The quantitative estimate of drug-likeness (QED) is 0.900. The van der Waals surface area contributed by atoms with Gasteiger partial charge in [0, 0.05) is 4.88 Å². The SMILES string of the molecule is Cc1c(C(=O)O)cc(-c2cccs2)c(C)c1C(=O)O. The van der Waals surface area contributed by atoms with Crippen molar-refractivity contribution in [2.75, 3.05) is 0 Å². The Kier molecular flexibility index (Phi) is 3.40. The van der Waals surface area contributed by atoms with Gasteiger partial charge in [0.1, 0.15) is 0 Å². The van der Waals surface area contributed by atoms with Gasteiger partial charge >= 0.3 is 11.9 Å². The Bertz CT molecular complexity index is 657. The maximum Gasteiger partial charge on any atom is 0.336 e. The van der Waals surface area contributed by atoms with Crippen LogP contribution in [0.15, 0.2) is 23.6 Å². The Morgan fingerprint density at radius 3 is 2.26 bits per heavy atom. The van der Waals surface area contributed by atoms with Crippen molar-refractivity contribution in [2.45, 2.75) is 13.8 Å². The Morgan fingerprint density at radius 2 is 1.79 bits per heavy atom. The van der Waals surface area contributed by atoms with Crippen LogP contribution in [0.4, 0.5) is 0 Å². The largest absolute Gasteiger partial charge is 0.478 e. The predicted molar refractivity (Wildman–Crippen MR) is 73.1 cm³/mol. The summed E-state index contributed by atoms with van der Waals surface area (Å²) in [5, 5.41) is 20.4. The van der Waals surface area contributed by atoms with Crippen LogP contribution in [0.3, 0.4) is 0 Å². The first-order valence-corrected chi connectivity index (χ1v) is 6.46. The summed E-state index contributed by atoms with van der Waals surface area (Å²) in [6.07, 6.45) is 0. The van der Waals surface area contributed by atoms with E-state index < -0.39 is 11.9 Å². The highest BCUT2D eigenvalue weighted by atomic mass is 32.1. The fourth-order valence-corrected chi connectivity index (χ4v) is 2.94. The van der Waals surface area contributed by atoms with Crippen LogP contribution in [-0.4, -0.2) is 22.2 Å². The second-order valence-corrected chi connectivity index (χ2v) is 5.13.